The maximum absolute atomic E-state index is 3.68. The SMILES string of the molecule is CCCCCCC(NCC)c1cc(I)ccc1Br. The average Bonchev–Trinajstić information content (AvgIpc) is 2.36. The van der Waals surface area contributed by atoms with E-state index in [-0.39, 0.29) is 0 Å². The van der Waals surface area contributed by atoms with Crippen molar-refractivity contribution in [1.82, 2.24) is 5.32 Å². The third-order valence-corrected chi connectivity index (χ3v) is 4.52. The minimum Gasteiger partial charge on any atom is -0.310 e. The fourth-order valence-corrected chi connectivity index (χ4v) is 3.21. The van der Waals surface area contributed by atoms with Crippen LogP contribution in [0.5, 0.6) is 0 Å². The Labute approximate surface area is 133 Å². The van der Waals surface area contributed by atoms with Gasteiger partial charge in [-0.05, 0) is 59.3 Å². The molecule has 1 rings (SSSR count). The first-order chi connectivity index (χ1) is 8.69. The van der Waals surface area contributed by atoms with Crippen LogP contribution in [0.4, 0.5) is 0 Å². The van der Waals surface area contributed by atoms with Crippen molar-refractivity contribution in [2.45, 2.75) is 52.0 Å². The lowest BCUT2D eigenvalue weighted by molar-refractivity contribution is 0.480. The highest BCUT2D eigenvalue weighted by Crippen LogP contribution is 2.28. The Hall–Kier alpha value is 0.390. The van der Waals surface area contributed by atoms with Crippen LogP contribution in [0.3, 0.4) is 0 Å². The van der Waals surface area contributed by atoms with Crippen LogP contribution in [-0.4, -0.2) is 6.54 Å². The van der Waals surface area contributed by atoms with Crippen molar-refractivity contribution in [3.05, 3.63) is 31.8 Å². The lowest BCUT2D eigenvalue weighted by Gasteiger charge is -2.20. The lowest BCUT2D eigenvalue weighted by atomic mass is 10.00. The molecule has 3 heteroatoms. The molecule has 0 bridgehead atoms. The van der Waals surface area contributed by atoms with Crippen molar-refractivity contribution >= 4 is 38.5 Å². The highest BCUT2D eigenvalue weighted by Gasteiger charge is 2.13. The normalized spacial score (nSPS) is 12.7. The molecule has 18 heavy (non-hydrogen) atoms. The van der Waals surface area contributed by atoms with Gasteiger partial charge in [-0.2, -0.15) is 0 Å². The molecule has 1 aromatic rings. The van der Waals surface area contributed by atoms with Crippen LogP contribution in [0.1, 0.15) is 57.6 Å². The number of benzene rings is 1. The van der Waals surface area contributed by atoms with Crippen molar-refractivity contribution in [2.75, 3.05) is 6.54 Å². The molecule has 0 radical (unpaired) electrons. The summed E-state index contributed by atoms with van der Waals surface area (Å²) < 4.78 is 2.53. The summed E-state index contributed by atoms with van der Waals surface area (Å²) in [6.45, 7) is 5.47. The first kappa shape index (κ1) is 16.4. The monoisotopic (exact) mass is 423 g/mol. The predicted octanol–water partition coefficient (Wildman–Crippen LogP) is 5.67. The van der Waals surface area contributed by atoms with E-state index in [9.17, 15) is 0 Å². The van der Waals surface area contributed by atoms with Gasteiger partial charge in [-0.15, -0.1) is 0 Å². The molecule has 1 atom stereocenters. The van der Waals surface area contributed by atoms with Crippen LogP contribution < -0.4 is 5.32 Å². The largest absolute Gasteiger partial charge is 0.310 e. The summed E-state index contributed by atoms with van der Waals surface area (Å²) in [6, 6.07) is 7.08. The van der Waals surface area contributed by atoms with Crippen molar-refractivity contribution in [2.24, 2.45) is 0 Å². The van der Waals surface area contributed by atoms with Crippen molar-refractivity contribution in [1.29, 1.82) is 0 Å². The number of halogens is 2. The number of nitrogens with one attached hydrogen (secondary N) is 1. The molecule has 102 valence electrons. The number of unbranched alkanes of at least 4 members (excludes halogenated alkanes) is 3. The molecule has 0 aliphatic rings. The van der Waals surface area contributed by atoms with Gasteiger partial charge in [0.15, 0.2) is 0 Å². The molecule has 1 nitrogen and oxygen atoms in total. The molecule has 0 saturated carbocycles. The summed E-state index contributed by atoms with van der Waals surface area (Å²) in [6.07, 6.45) is 6.54. The van der Waals surface area contributed by atoms with Gasteiger partial charge >= 0.3 is 0 Å². The highest BCUT2D eigenvalue weighted by atomic mass is 127. The van der Waals surface area contributed by atoms with Crippen LogP contribution in [-0.2, 0) is 0 Å². The summed E-state index contributed by atoms with van der Waals surface area (Å²) in [5, 5.41) is 3.61. The van der Waals surface area contributed by atoms with Gasteiger partial charge in [0.25, 0.3) is 0 Å². The molecular weight excluding hydrogens is 401 g/mol. The first-order valence-corrected chi connectivity index (χ1v) is 8.74. The Morgan fingerprint density at radius 3 is 2.67 bits per heavy atom. The van der Waals surface area contributed by atoms with Crippen LogP contribution in [0, 0.1) is 3.57 Å². The van der Waals surface area contributed by atoms with E-state index in [1.807, 2.05) is 0 Å². The Morgan fingerprint density at radius 1 is 1.22 bits per heavy atom. The predicted molar refractivity (Wildman–Crippen MR) is 92.0 cm³/mol. The summed E-state index contributed by atoms with van der Waals surface area (Å²) in [5.41, 5.74) is 1.40. The van der Waals surface area contributed by atoms with Crippen LogP contribution >= 0.6 is 38.5 Å². The van der Waals surface area contributed by atoms with Gasteiger partial charge in [-0.1, -0.05) is 55.5 Å². The minimum absolute atomic E-state index is 0.482. The Bertz CT molecular complexity index is 354. The quantitative estimate of drug-likeness (QED) is 0.419. The van der Waals surface area contributed by atoms with Gasteiger partial charge in [-0.3, -0.25) is 0 Å². The van der Waals surface area contributed by atoms with Gasteiger partial charge in [0.05, 0.1) is 0 Å². The lowest BCUT2D eigenvalue weighted by Crippen LogP contribution is -2.21. The maximum atomic E-state index is 3.68. The van der Waals surface area contributed by atoms with Crippen LogP contribution in [0.25, 0.3) is 0 Å². The van der Waals surface area contributed by atoms with E-state index in [1.165, 1.54) is 45.7 Å². The van der Waals surface area contributed by atoms with Gasteiger partial charge in [0.1, 0.15) is 0 Å². The van der Waals surface area contributed by atoms with Crippen molar-refractivity contribution in [3.8, 4) is 0 Å². The van der Waals surface area contributed by atoms with Crippen molar-refractivity contribution in [3.63, 3.8) is 0 Å². The smallest absolute Gasteiger partial charge is 0.0331 e. The average molecular weight is 424 g/mol. The summed E-state index contributed by atoms with van der Waals surface area (Å²) in [7, 11) is 0. The topological polar surface area (TPSA) is 12.0 Å². The molecule has 0 amide bonds. The minimum atomic E-state index is 0.482. The maximum Gasteiger partial charge on any atom is 0.0331 e. The molecule has 1 unspecified atom stereocenters. The van der Waals surface area contributed by atoms with Gasteiger partial charge in [0.2, 0.25) is 0 Å². The molecule has 1 N–H and O–H groups in total. The number of rotatable bonds is 8. The molecule has 0 spiro atoms. The van der Waals surface area contributed by atoms with E-state index in [2.05, 4.69) is 75.9 Å². The van der Waals surface area contributed by atoms with Crippen molar-refractivity contribution < 1.29 is 0 Å². The van der Waals surface area contributed by atoms with E-state index in [0.29, 0.717) is 6.04 Å². The van der Waals surface area contributed by atoms with Gasteiger partial charge in [0, 0.05) is 14.1 Å². The third kappa shape index (κ3) is 5.57. The van der Waals surface area contributed by atoms with Gasteiger partial charge in [-0.25, -0.2) is 0 Å². The number of hydrogen-bond acceptors (Lipinski definition) is 1. The first-order valence-electron chi connectivity index (χ1n) is 6.87. The number of hydrogen-bond donors (Lipinski definition) is 1. The fourth-order valence-electron chi connectivity index (χ4n) is 2.17. The summed E-state index contributed by atoms with van der Waals surface area (Å²) >= 11 is 6.07. The molecule has 0 saturated heterocycles. The van der Waals surface area contributed by atoms with Crippen LogP contribution in [0.2, 0.25) is 0 Å². The van der Waals surface area contributed by atoms with Crippen LogP contribution in [0.15, 0.2) is 22.7 Å². The van der Waals surface area contributed by atoms with E-state index < -0.39 is 0 Å². The Kier molecular flexibility index (Phi) is 8.51. The Balaban J connectivity index is 2.67. The second-order valence-electron chi connectivity index (χ2n) is 4.63. The zero-order valence-electron chi connectivity index (χ0n) is 11.3. The summed E-state index contributed by atoms with van der Waals surface area (Å²) in [5.74, 6) is 0. The zero-order chi connectivity index (χ0) is 13.4. The fraction of sp³-hybridized carbons (Fsp3) is 0.600. The van der Waals surface area contributed by atoms with E-state index in [1.54, 1.807) is 0 Å². The zero-order valence-corrected chi connectivity index (χ0v) is 15.1. The van der Waals surface area contributed by atoms with E-state index >= 15 is 0 Å². The van der Waals surface area contributed by atoms with Gasteiger partial charge < -0.3 is 5.32 Å². The second-order valence-corrected chi connectivity index (χ2v) is 6.73. The van der Waals surface area contributed by atoms with E-state index in [4.69, 9.17) is 0 Å². The molecule has 0 aliphatic carbocycles. The standard InChI is InChI=1S/C15H23BrIN/c1-3-5-6-7-8-15(18-4-2)13-11-12(17)9-10-14(13)16/h9-11,15,18H,3-8H2,1-2H3. The molecule has 0 fully saturated rings. The Morgan fingerprint density at radius 2 is 2.00 bits per heavy atom. The van der Waals surface area contributed by atoms with E-state index in [0.717, 1.165) is 6.54 Å². The molecule has 0 aliphatic heterocycles. The summed E-state index contributed by atoms with van der Waals surface area (Å²) in [4.78, 5) is 0. The second kappa shape index (κ2) is 9.32. The molecule has 0 aromatic heterocycles. The molecule has 1 aromatic carbocycles. The molecular formula is C15H23BrIN. The molecule has 0 heterocycles. The highest BCUT2D eigenvalue weighted by molar-refractivity contribution is 14.1. The third-order valence-electron chi connectivity index (χ3n) is 3.13.